The summed E-state index contributed by atoms with van der Waals surface area (Å²) in [6.07, 6.45) is 5.41. The first-order valence-electron chi connectivity index (χ1n) is 6.12. The lowest BCUT2D eigenvalue weighted by Crippen LogP contribution is -2.23. The molecule has 0 bridgehead atoms. The summed E-state index contributed by atoms with van der Waals surface area (Å²) in [5, 5.41) is 0. The summed E-state index contributed by atoms with van der Waals surface area (Å²) in [4.78, 5) is 28.9. The molecule has 0 amide bonds. The lowest BCUT2D eigenvalue weighted by Gasteiger charge is -2.23. The molecule has 1 heterocycles. The maximum absolute atomic E-state index is 12.6. The molecule has 0 saturated heterocycles. The third-order valence-electron chi connectivity index (χ3n) is 3.69. The number of fused-ring (bicyclic) bond motifs is 3. The molecule has 90 valence electrons. The van der Waals surface area contributed by atoms with E-state index in [1.807, 2.05) is 24.3 Å². The number of hydrogen-bond acceptors (Lipinski definition) is 3. The number of carbonyl (C=O) groups is 2. The molecular formula is C16H9NO2. The number of ketones is 2. The van der Waals surface area contributed by atoms with Gasteiger partial charge >= 0.3 is 0 Å². The summed E-state index contributed by atoms with van der Waals surface area (Å²) in [7, 11) is 0. The lowest BCUT2D eigenvalue weighted by molar-refractivity contribution is -0.115. The van der Waals surface area contributed by atoms with Crippen molar-refractivity contribution in [2.45, 2.75) is 6.42 Å². The van der Waals surface area contributed by atoms with E-state index in [9.17, 15) is 9.59 Å². The molecule has 0 spiro atoms. The van der Waals surface area contributed by atoms with Crippen molar-refractivity contribution in [1.82, 2.24) is 0 Å². The minimum Gasteiger partial charge on any atom is -0.294 e. The number of hydrogen-bond donors (Lipinski definition) is 0. The molecule has 3 nitrogen and oxygen atoms in total. The van der Waals surface area contributed by atoms with Gasteiger partial charge in [0.1, 0.15) is 0 Å². The van der Waals surface area contributed by atoms with Crippen LogP contribution in [0, 0.1) is 0 Å². The molecule has 0 N–H and O–H groups in total. The predicted molar refractivity (Wildman–Crippen MR) is 71.7 cm³/mol. The highest BCUT2D eigenvalue weighted by molar-refractivity contribution is 6.38. The molecule has 19 heavy (non-hydrogen) atoms. The number of rotatable bonds is 0. The van der Waals surface area contributed by atoms with Crippen molar-refractivity contribution in [2.24, 2.45) is 4.99 Å². The quantitative estimate of drug-likeness (QED) is 0.704. The van der Waals surface area contributed by atoms with E-state index in [4.69, 9.17) is 0 Å². The predicted octanol–water partition coefficient (Wildman–Crippen LogP) is 2.04. The highest BCUT2D eigenvalue weighted by atomic mass is 16.1. The molecular weight excluding hydrogens is 238 g/mol. The second kappa shape index (κ2) is 3.48. The number of carbonyl (C=O) groups excluding carboxylic acids is 2. The zero-order valence-corrected chi connectivity index (χ0v) is 10.0. The fourth-order valence-corrected chi connectivity index (χ4v) is 2.79. The van der Waals surface area contributed by atoms with Crippen molar-refractivity contribution < 1.29 is 9.59 Å². The van der Waals surface area contributed by atoms with E-state index < -0.39 is 0 Å². The summed E-state index contributed by atoms with van der Waals surface area (Å²) >= 11 is 0. The van der Waals surface area contributed by atoms with Gasteiger partial charge in [-0.2, -0.15) is 0 Å². The van der Waals surface area contributed by atoms with Gasteiger partial charge in [0.15, 0.2) is 11.6 Å². The Bertz CT molecular complexity index is 776. The number of Topliss-reactive ketones (excluding diaryl/α,β-unsaturated/α-hetero) is 2. The summed E-state index contributed by atoms with van der Waals surface area (Å²) < 4.78 is 0. The van der Waals surface area contributed by atoms with E-state index >= 15 is 0 Å². The smallest absolute Gasteiger partial charge is 0.196 e. The van der Waals surface area contributed by atoms with Crippen molar-refractivity contribution in [2.75, 3.05) is 0 Å². The maximum atomic E-state index is 12.6. The van der Waals surface area contributed by atoms with Crippen LogP contribution in [0.1, 0.15) is 11.1 Å². The molecule has 0 atom stereocenters. The Kier molecular flexibility index (Phi) is 1.90. The van der Waals surface area contributed by atoms with Crippen LogP contribution in [0.2, 0.25) is 0 Å². The van der Waals surface area contributed by atoms with E-state index in [0.717, 1.165) is 11.1 Å². The average Bonchev–Trinajstić information content (AvgIpc) is 2.88. The maximum Gasteiger partial charge on any atom is 0.196 e. The van der Waals surface area contributed by atoms with Crippen molar-refractivity contribution in [3.05, 3.63) is 64.4 Å². The number of nitrogens with zero attached hydrogens (tertiary/aromatic N) is 1. The van der Waals surface area contributed by atoms with Gasteiger partial charge in [-0.1, -0.05) is 24.3 Å². The minimum atomic E-state index is -0.0921. The molecule has 0 aromatic heterocycles. The van der Waals surface area contributed by atoms with Crippen LogP contribution in [-0.2, 0) is 16.0 Å². The largest absolute Gasteiger partial charge is 0.294 e. The van der Waals surface area contributed by atoms with Crippen molar-refractivity contribution in [3.63, 3.8) is 0 Å². The average molecular weight is 247 g/mol. The summed E-state index contributed by atoms with van der Waals surface area (Å²) in [6, 6.07) is 7.60. The summed E-state index contributed by atoms with van der Waals surface area (Å²) in [6.45, 7) is 0. The molecule has 0 unspecified atom stereocenters. The Labute approximate surface area is 109 Å². The SMILES string of the molecule is O=C1Cc2ccccc2C2=C1C=C1N=CC=C1C2=O. The van der Waals surface area contributed by atoms with Gasteiger partial charge in [0, 0.05) is 29.4 Å². The third-order valence-corrected chi connectivity index (χ3v) is 3.69. The van der Waals surface area contributed by atoms with Crippen LogP contribution in [0.4, 0.5) is 0 Å². The Morgan fingerprint density at radius 1 is 1.11 bits per heavy atom. The van der Waals surface area contributed by atoms with Crippen LogP contribution in [0.3, 0.4) is 0 Å². The minimum absolute atomic E-state index is 0.00398. The molecule has 4 rings (SSSR count). The van der Waals surface area contributed by atoms with E-state index in [2.05, 4.69) is 4.99 Å². The Hall–Kier alpha value is -2.55. The fraction of sp³-hybridized carbons (Fsp3) is 0.0625. The van der Waals surface area contributed by atoms with Gasteiger partial charge in [-0.05, 0) is 23.3 Å². The molecule has 3 aliphatic rings. The number of aliphatic imine (C=N–C) groups is 1. The topological polar surface area (TPSA) is 46.5 Å². The van der Waals surface area contributed by atoms with Crippen LogP contribution in [-0.4, -0.2) is 17.8 Å². The number of allylic oxidation sites excluding steroid dienone is 5. The molecule has 2 aliphatic carbocycles. The monoisotopic (exact) mass is 247 g/mol. The number of benzene rings is 1. The summed E-state index contributed by atoms with van der Waals surface area (Å²) in [5.41, 5.74) is 4.04. The molecule has 3 heteroatoms. The van der Waals surface area contributed by atoms with Gasteiger partial charge in [0.25, 0.3) is 0 Å². The first kappa shape index (κ1) is 10.4. The Balaban J connectivity index is 2.04. The second-order valence-electron chi connectivity index (χ2n) is 4.76. The fourth-order valence-electron chi connectivity index (χ4n) is 2.79. The van der Waals surface area contributed by atoms with Crippen molar-refractivity contribution in [3.8, 4) is 0 Å². The molecule has 1 aromatic carbocycles. The first-order chi connectivity index (χ1) is 9.25. The Morgan fingerprint density at radius 2 is 1.95 bits per heavy atom. The van der Waals surface area contributed by atoms with Crippen LogP contribution in [0.5, 0.6) is 0 Å². The standard InChI is InChI=1S/C16H9NO2/c18-14-7-9-3-1-2-4-10(9)15-12(14)8-13-11(16(15)19)5-6-17-13/h1-6,8H,7H2. The van der Waals surface area contributed by atoms with Crippen LogP contribution in [0.25, 0.3) is 5.57 Å². The van der Waals surface area contributed by atoms with Crippen LogP contribution in [0.15, 0.2) is 58.3 Å². The van der Waals surface area contributed by atoms with E-state index in [1.54, 1.807) is 18.4 Å². The van der Waals surface area contributed by atoms with Gasteiger partial charge in [0.05, 0.1) is 5.70 Å². The highest BCUT2D eigenvalue weighted by Gasteiger charge is 2.35. The normalized spacial score (nSPS) is 19.8. The van der Waals surface area contributed by atoms with E-state index in [0.29, 0.717) is 28.8 Å². The van der Waals surface area contributed by atoms with Crippen LogP contribution >= 0.6 is 0 Å². The summed E-state index contributed by atoms with van der Waals surface area (Å²) in [5.74, 6) is -0.0961. The Morgan fingerprint density at radius 3 is 2.84 bits per heavy atom. The van der Waals surface area contributed by atoms with Gasteiger partial charge in [-0.15, -0.1) is 0 Å². The van der Waals surface area contributed by atoms with E-state index in [1.165, 1.54) is 0 Å². The second-order valence-corrected chi connectivity index (χ2v) is 4.76. The highest BCUT2D eigenvalue weighted by Crippen LogP contribution is 2.38. The van der Waals surface area contributed by atoms with Gasteiger partial charge in [-0.3, -0.25) is 14.6 Å². The van der Waals surface area contributed by atoms with Crippen molar-refractivity contribution >= 4 is 23.4 Å². The van der Waals surface area contributed by atoms with Gasteiger partial charge < -0.3 is 0 Å². The molecule has 0 saturated carbocycles. The zero-order valence-electron chi connectivity index (χ0n) is 10.0. The third kappa shape index (κ3) is 1.30. The lowest BCUT2D eigenvalue weighted by atomic mass is 9.78. The molecule has 0 radical (unpaired) electrons. The molecule has 1 aromatic rings. The van der Waals surface area contributed by atoms with E-state index in [-0.39, 0.29) is 11.6 Å². The zero-order chi connectivity index (χ0) is 13.0. The van der Waals surface area contributed by atoms with Crippen molar-refractivity contribution in [1.29, 1.82) is 0 Å². The van der Waals surface area contributed by atoms with Gasteiger partial charge in [-0.25, -0.2) is 0 Å². The first-order valence-corrected chi connectivity index (χ1v) is 6.12. The molecule has 1 aliphatic heterocycles. The molecule has 0 fully saturated rings. The van der Waals surface area contributed by atoms with Gasteiger partial charge in [0.2, 0.25) is 0 Å². The van der Waals surface area contributed by atoms with Crippen LogP contribution < -0.4 is 0 Å².